The molecule has 0 spiro atoms. The maximum absolute atomic E-state index is 14.2. The Hall–Kier alpha value is -4.74. The van der Waals surface area contributed by atoms with E-state index in [0.29, 0.717) is 0 Å². The average molecular weight is 551 g/mol. The Bertz CT molecular complexity index is 1360. The molecule has 2 aromatic rings. The fraction of sp³-hybridized carbons (Fsp3) is 0.357. The molecule has 0 unspecified atom stereocenters. The third-order valence-corrected chi connectivity index (χ3v) is 7.65. The molecule has 3 aliphatic rings. The predicted molar refractivity (Wildman–Crippen MR) is 134 cm³/mol. The Balaban J connectivity index is 1.74. The summed E-state index contributed by atoms with van der Waals surface area (Å²) < 4.78 is 21.9. The van der Waals surface area contributed by atoms with Gasteiger partial charge >= 0.3 is 11.9 Å². The predicted octanol–water partition coefficient (Wildman–Crippen LogP) is 0.616. The van der Waals surface area contributed by atoms with Gasteiger partial charge in [-0.25, -0.2) is 9.59 Å². The molecule has 12 heteroatoms. The van der Waals surface area contributed by atoms with Crippen molar-refractivity contribution in [2.24, 2.45) is 11.8 Å². The van der Waals surface area contributed by atoms with Gasteiger partial charge in [-0.3, -0.25) is 19.2 Å². The number of fused-ring (bicyclic) bond motifs is 6. The van der Waals surface area contributed by atoms with Gasteiger partial charge in [-0.15, -0.1) is 0 Å². The van der Waals surface area contributed by atoms with Crippen LogP contribution in [0.2, 0.25) is 0 Å². The van der Waals surface area contributed by atoms with Gasteiger partial charge in [0.05, 0.1) is 37.2 Å². The normalized spacial score (nSPS) is 26.9. The van der Waals surface area contributed by atoms with E-state index in [4.69, 9.17) is 18.9 Å². The second-order valence-corrected chi connectivity index (χ2v) is 9.79. The highest BCUT2D eigenvalue weighted by Crippen LogP contribution is 2.63. The minimum absolute atomic E-state index is 0.0221. The zero-order valence-corrected chi connectivity index (χ0v) is 22.0. The Morgan fingerprint density at radius 1 is 0.700 bits per heavy atom. The first-order chi connectivity index (χ1) is 19.0. The van der Waals surface area contributed by atoms with Gasteiger partial charge in [0, 0.05) is 0 Å². The molecule has 0 bridgehead atoms. The SMILES string of the molecule is COC(=O)[C@@H](C)NC(=O)[C@@]12Oc3ccccc3C(=O)[C@@H]1[C@H]1C(=O)c3ccccc3O[C@]12C(=O)N[C@H](C)C(=O)OC. The number of benzene rings is 2. The summed E-state index contributed by atoms with van der Waals surface area (Å²) in [5.41, 5.74) is -4.68. The van der Waals surface area contributed by atoms with Gasteiger partial charge in [-0.05, 0) is 38.1 Å². The molecule has 40 heavy (non-hydrogen) atoms. The summed E-state index contributed by atoms with van der Waals surface area (Å²) in [6.07, 6.45) is 0. The number of methoxy groups -OCH3 is 2. The second kappa shape index (κ2) is 9.47. The van der Waals surface area contributed by atoms with Crippen LogP contribution in [0.4, 0.5) is 0 Å². The summed E-state index contributed by atoms with van der Waals surface area (Å²) in [6, 6.07) is 9.74. The molecular formula is C28H26N2O10. The fourth-order valence-corrected chi connectivity index (χ4v) is 5.78. The van der Waals surface area contributed by atoms with E-state index in [9.17, 15) is 28.8 Å². The molecule has 1 saturated carbocycles. The lowest BCUT2D eigenvalue weighted by Crippen LogP contribution is -2.92. The van der Waals surface area contributed by atoms with Crippen molar-refractivity contribution >= 4 is 35.3 Å². The van der Waals surface area contributed by atoms with Crippen molar-refractivity contribution in [1.82, 2.24) is 10.6 Å². The minimum Gasteiger partial charge on any atom is -0.471 e. The molecule has 2 heterocycles. The highest BCUT2D eigenvalue weighted by Gasteiger charge is 2.89. The number of carbonyl (C=O) groups is 6. The van der Waals surface area contributed by atoms with Crippen molar-refractivity contribution in [2.75, 3.05) is 14.2 Å². The number of carbonyl (C=O) groups excluding carboxylic acids is 6. The van der Waals surface area contributed by atoms with E-state index in [2.05, 4.69) is 10.6 Å². The zero-order chi connectivity index (χ0) is 29.0. The first kappa shape index (κ1) is 26.9. The second-order valence-electron chi connectivity index (χ2n) is 9.79. The van der Waals surface area contributed by atoms with E-state index >= 15 is 0 Å². The first-order valence-corrected chi connectivity index (χ1v) is 12.5. The van der Waals surface area contributed by atoms with Crippen LogP contribution in [0.25, 0.3) is 0 Å². The van der Waals surface area contributed by atoms with Crippen molar-refractivity contribution in [1.29, 1.82) is 0 Å². The molecule has 2 aromatic carbocycles. The lowest BCUT2D eigenvalue weighted by atomic mass is 9.44. The molecule has 0 radical (unpaired) electrons. The van der Waals surface area contributed by atoms with Crippen LogP contribution in [0.15, 0.2) is 48.5 Å². The van der Waals surface area contributed by atoms with Crippen LogP contribution in [0.3, 0.4) is 0 Å². The average Bonchev–Trinajstić information content (AvgIpc) is 2.95. The number of rotatable bonds is 6. The number of ether oxygens (including phenoxy) is 4. The van der Waals surface area contributed by atoms with Crippen molar-refractivity contribution < 1.29 is 47.7 Å². The molecule has 2 aliphatic heterocycles. The van der Waals surface area contributed by atoms with Crippen LogP contribution < -0.4 is 20.1 Å². The third-order valence-electron chi connectivity index (χ3n) is 7.65. The zero-order valence-electron chi connectivity index (χ0n) is 22.0. The Kier molecular flexibility index (Phi) is 6.36. The summed E-state index contributed by atoms with van der Waals surface area (Å²) in [5, 5.41) is 4.92. The summed E-state index contributed by atoms with van der Waals surface area (Å²) in [7, 11) is 2.26. The molecular weight excluding hydrogens is 524 g/mol. The van der Waals surface area contributed by atoms with Gasteiger partial charge in [0.25, 0.3) is 11.8 Å². The van der Waals surface area contributed by atoms with E-state index in [1.54, 1.807) is 24.3 Å². The smallest absolute Gasteiger partial charge is 0.328 e. The van der Waals surface area contributed by atoms with Crippen molar-refractivity contribution in [3.8, 4) is 11.5 Å². The molecule has 1 fully saturated rings. The summed E-state index contributed by atoms with van der Waals surface area (Å²) in [6.45, 7) is 2.69. The molecule has 2 N–H and O–H groups in total. The number of ketones is 2. The van der Waals surface area contributed by atoms with Crippen molar-refractivity contribution in [2.45, 2.75) is 37.1 Å². The summed E-state index contributed by atoms with van der Waals surface area (Å²) >= 11 is 0. The van der Waals surface area contributed by atoms with Crippen LogP contribution >= 0.6 is 0 Å². The minimum atomic E-state index is -2.45. The van der Waals surface area contributed by atoms with Gasteiger partial charge in [-0.1, -0.05) is 24.3 Å². The highest BCUT2D eigenvalue weighted by atomic mass is 16.6. The van der Waals surface area contributed by atoms with E-state index in [1.165, 1.54) is 38.1 Å². The molecule has 2 amide bonds. The Labute approximate surface area is 228 Å². The molecule has 1 aliphatic carbocycles. The number of para-hydroxylation sites is 2. The summed E-state index contributed by atoms with van der Waals surface area (Å²) in [5.74, 6) is -8.00. The van der Waals surface area contributed by atoms with Crippen molar-refractivity contribution in [3.05, 3.63) is 59.7 Å². The highest BCUT2D eigenvalue weighted by molar-refractivity contribution is 6.21. The van der Waals surface area contributed by atoms with Crippen LogP contribution in [0.1, 0.15) is 34.6 Å². The molecule has 0 saturated heterocycles. The van der Waals surface area contributed by atoms with Gasteiger partial charge < -0.3 is 29.6 Å². The quantitative estimate of drug-likeness (QED) is 0.487. The number of Topliss-reactive ketones (excluding diaryl/α,β-unsaturated/α-hetero) is 2. The standard InChI is InChI=1S/C28H26N2O10/c1-13(23(33)37-3)29-25(35)27-19(21(31)15-9-5-7-11-17(15)39-27)20-22(32)16-10-6-8-12-18(16)40-28(20,27)26(36)30-14(2)24(34)38-4/h5-14,19-20H,1-4H3,(H,29,35)(H,30,36)/t13-,14-,19+,20+,27+,28+/m1/s1. The van der Waals surface area contributed by atoms with E-state index in [0.717, 1.165) is 14.2 Å². The van der Waals surface area contributed by atoms with Crippen LogP contribution in [-0.4, -0.2) is 72.8 Å². The van der Waals surface area contributed by atoms with E-state index in [1.807, 2.05) is 0 Å². The van der Waals surface area contributed by atoms with Crippen molar-refractivity contribution in [3.63, 3.8) is 0 Å². The molecule has 5 rings (SSSR count). The van der Waals surface area contributed by atoms with Crippen LogP contribution in [0, 0.1) is 11.8 Å². The molecule has 6 atom stereocenters. The largest absolute Gasteiger partial charge is 0.471 e. The van der Waals surface area contributed by atoms with Gasteiger partial charge in [0.1, 0.15) is 23.6 Å². The molecule has 12 nitrogen and oxygen atoms in total. The van der Waals surface area contributed by atoms with E-state index < -0.39 is 70.4 Å². The number of nitrogens with one attached hydrogen (secondary N) is 2. The topological polar surface area (TPSA) is 163 Å². The summed E-state index contributed by atoms with van der Waals surface area (Å²) in [4.78, 5) is 80.6. The fourth-order valence-electron chi connectivity index (χ4n) is 5.78. The number of amides is 2. The monoisotopic (exact) mass is 550 g/mol. The Morgan fingerprint density at radius 2 is 1.05 bits per heavy atom. The maximum Gasteiger partial charge on any atom is 0.328 e. The number of hydrogen-bond acceptors (Lipinski definition) is 10. The van der Waals surface area contributed by atoms with E-state index in [-0.39, 0.29) is 22.6 Å². The third kappa shape index (κ3) is 3.44. The van der Waals surface area contributed by atoms with Crippen LogP contribution in [0.5, 0.6) is 11.5 Å². The molecule has 208 valence electrons. The molecule has 0 aromatic heterocycles. The van der Waals surface area contributed by atoms with Crippen LogP contribution in [-0.2, 0) is 28.7 Å². The van der Waals surface area contributed by atoms with Gasteiger partial charge in [0.2, 0.25) is 11.2 Å². The number of hydrogen-bond donors (Lipinski definition) is 2. The number of esters is 2. The Morgan fingerprint density at radius 3 is 1.40 bits per heavy atom. The maximum atomic E-state index is 14.2. The van der Waals surface area contributed by atoms with Gasteiger partial charge in [0.15, 0.2) is 11.6 Å². The lowest BCUT2D eigenvalue weighted by molar-refractivity contribution is -0.240. The van der Waals surface area contributed by atoms with Gasteiger partial charge in [-0.2, -0.15) is 0 Å². The lowest BCUT2D eigenvalue weighted by Gasteiger charge is -2.65. The first-order valence-electron chi connectivity index (χ1n) is 12.5.